The second-order valence-electron chi connectivity index (χ2n) is 7.87. The lowest BCUT2D eigenvalue weighted by Crippen LogP contribution is -2.31. The number of aliphatic hydroxyl groups is 1. The molecule has 2 aromatic heterocycles. The van der Waals surface area contributed by atoms with Crippen LogP contribution in [-0.4, -0.2) is 47.6 Å². The summed E-state index contributed by atoms with van der Waals surface area (Å²) < 4.78 is 3.55. The molecular formula is C23H24ClN5O3. The highest BCUT2D eigenvalue weighted by Crippen LogP contribution is 2.40. The largest absolute Gasteiger partial charge is 0.507 e. The van der Waals surface area contributed by atoms with E-state index in [2.05, 4.69) is 10.1 Å². The number of imidazole rings is 1. The molecule has 1 aromatic carbocycles. The van der Waals surface area contributed by atoms with Crippen LogP contribution < -0.4 is 0 Å². The number of carbonyl (C=O) groups is 2. The van der Waals surface area contributed by atoms with Crippen molar-refractivity contribution < 1.29 is 14.7 Å². The van der Waals surface area contributed by atoms with Crippen LogP contribution in [0.3, 0.4) is 0 Å². The number of hydrogen-bond acceptors (Lipinski definition) is 5. The van der Waals surface area contributed by atoms with Gasteiger partial charge in [0, 0.05) is 43.2 Å². The van der Waals surface area contributed by atoms with E-state index in [4.69, 9.17) is 11.6 Å². The molecule has 1 amide bonds. The lowest BCUT2D eigenvalue weighted by Gasteiger charge is -2.25. The van der Waals surface area contributed by atoms with Gasteiger partial charge in [-0.2, -0.15) is 5.10 Å². The Kier molecular flexibility index (Phi) is 5.88. The number of halogens is 1. The zero-order chi connectivity index (χ0) is 23.0. The van der Waals surface area contributed by atoms with Gasteiger partial charge in [0.2, 0.25) is 0 Å². The van der Waals surface area contributed by atoms with Crippen molar-refractivity contribution in [2.24, 2.45) is 7.05 Å². The summed E-state index contributed by atoms with van der Waals surface area (Å²) in [5, 5.41) is 16.1. The summed E-state index contributed by atoms with van der Waals surface area (Å²) in [7, 11) is 1.77. The van der Waals surface area contributed by atoms with Crippen LogP contribution in [0.25, 0.3) is 5.76 Å². The fraction of sp³-hybridized carbons (Fsp3) is 0.304. The number of rotatable bonds is 6. The molecule has 1 unspecified atom stereocenters. The maximum absolute atomic E-state index is 13.1. The Bertz CT molecular complexity index is 1200. The van der Waals surface area contributed by atoms with Crippen LogP contribution in [0.2, 0.25) is 5.02 Å². The first-order valence-electron chi connectivity index (χ1n) is 10.3. The van der Waals surface area contributed by atoms with E-state index < -0.39 is 17.7 Å². The van der Waals surface area contributed by atoms with Gasteiger partial charge in [-0.15, -0.1) is 0 Å². The van der Waals surface area contributed by atoms with Gasteiger partial charge >= 0.3 is 0 Å². The van der Waals surface area contributed by atoms with E-state index in [0.29, 0.717) is 47.0 Å². The van der Waals surface area contributed by atoms with Gasteiger partial charge in [-0.3, -0.25) is 14.3 Å². The maximum atomic E-state index is 13.1. The Morgan fingerprint density at radius 3 is 2.47 bits per heavy atom. The topological polar surface area (TPSA) is 93.2 Å². The standard InChI is InChI=1S/C23H24ClN5O3/c1-14-18(15(2)27(3)26-14)21(30)19-20(16-5-7-17(24)8-6-16)29(23(32)22(19)31)11-4-10-28-12-9-25-13-28/h5-9,12-13,20,30H,4,10-11H2,1-3H3. The predicted octanol–water partition coefficient (Wildman–Crippen LogP) is 3.40. The summed E-state index contributed by atoms with van der Waals surface area (Å²) in [4.78, 5) is 31.7. The number of aromatic nitrogens is 4. The first-order valence-corrected chi connectivity index (χ1v) is 10.7. The number of aryl methyl sites for hydroxylation is 3. The molecule has 8 nitrogen and oxygen atoms in total. The van der Waals surface area contributed by atoms with E-state index in [9.17, 15) is 14.7 Å². The number of benzene rings is 1. The fourth-order valence-corrected chi connectivity index (χ4v) is 4.32. The average molecular weight is 454 g/mol. The summed E-state index contributed by atoms with van der Waals surface area (Å²) in [6, 6.07) is 6.26. The number of Topliss-reactive ketones (excluding diaryl/α,β-unsaturated/α-hetero) is 1. The van der Waals surface area contributed by atoms with Crippen molar-refractivity contribution in [3.63, 3.8) is 0 Å². The lowest BCUT2D eigenvalue weighted by atomic mass is 9.94. The highest BCUT2D eigenvalue weighted by Gasteiger charge is 2.46. The Morgan fingerprint density at radius 2 is 1.88 bits per heavy atom. The molecule has 1 atom stereocenters. The number of hydrogen-bond donors (Lipinski definition) is 1. The molecule has 4 rings (SSSR count). The Labute approximate surface area is 190 Å². The molecule has 0 aliphatic carbocycles. The Balaban J connectivity index is 1.77. The van der Waals surface area contributed by atoms with Crippen LogP contribution >= 0.6 is 11.6 Å². The number of likely N-dealkylation sites (tertiary alicyclic amines) is 1. The smallest absolute Gasteiger partial charge is 0.295 e. The van der Waals surface area contributed by atoms with Crippen LogP contribution in [0.15, 0.2) is 48.6 Å². The minimum atomic E-state index is -0.714. The minimum absolute atomic E-state index is 0.0687. The van der Waals surface area contributed by atoms with Gasteiger partial charge in [0.15, 0.2) is 0 Å². The highest BCUT2D eigenvalue weighted by atomic mass is 35.5. The highest BCUT2D eigenvalue weighted by molar-refractivity contribution is 6.46. The summed E-state index contributed by atoms with van der Waals surface area (Å²) in [5.74, 6) is -1.53. The van der Waals surface area contributed by atoms with Crippen molar-refractivity contribution in [2.45, 2.75) is 32.9 Å². The molecule has 1 aliphatic rings. The molecule has 9 heteroatoms. The normalized spacial score (nSPS) is 18.0. The molecule has 1 fully saturated rings. The Hall–Kier alpha value is -3.39. The van der Waals surface area contributed by atoms with Gasteiger partial charge < -0.3 is 14.6 Å². The first kappa shape index (κ1) is 21.8. The van der Waals surface area contributed by atoms with Crippen LogP contribution in [0.5, 0.6) is 0 Å². The van der Waals surface area contributed by atoms with E-state index in [1.807, 2.05) is 17.7 Å². The molecule has 0 radical (unpaired) electrons. The fourth-order valence-electron chi connectivity index (χ4n) is 4.20. The van der Waals surface area contributed by atoms with Crippen molar-refractivity contribution in [1.29, 1.82) is 0 Å². The van der Waals surface area contributed by atoms with E-state index in [1.165, 1.54) is 4.90 Å². The molecule has 3 heterocycles. The van der Waals surface area contributed by atoms with Crippen LogP contribution in [0, 0.1) is 13.8 Å². The van der Waals surface area contributed by atoms with Crippen LogP contribution in [0.1, 0.15) is 35.0 Å². The second kappa shape index (κ2) is 8.63. The molecule has 166 valence electrons. The summed E-state index contributed by atoms with van der Waals surface area (Å²) in [5.41, 5.74) is 2.55. The zero-order valence-electron chi connectivity index (χ0n) is 18.1. The van der Waals surface area contributed by atoms with Gasteiger partial charge in [-0.1, -0.05) is 23.7 Å². The van der Waals surface area contributed by atoms with Gasteiger partial charge in [-0.25, -0.2) is 4.98 Å². The lowest BCUT2D eigenvalue weighted by molar-refractivity contribution is -0.139. The molecule has 32 heavy (non-hydrogen) atoms. The average Bonchev–Trinajstić information content (AvgIpc) is 3.43. The van der Waals surface area contributed by atoms with Crippen molar-refractivity contribution in [3.05, 3.63) is 76.1 Å². The third-order valence-corrected chi connectivity index (χ3v) is 6.10. The summed E-state index contributed by atoms with van der Waals surface area (Å²) >= 11 is 6.06. The number of aliphatic hydroxyl groups excluding tert-OH is 1. The molecule has 0 saturated carbocycles. The molecular weight excluding hydrogens is 430 g/mol. The van der Waals surface area contributed by atoms with Gasteiger partial charge in [-0.05, 0) is 38.0 Å². The van der Waals surface area contributed by atoms with Crippen molar-refractivity contribution in [3.8, 4) is 0 Å². The molecule has 1 aliphatic heterocycles. The molecule has 3 aromatic rings. The van der Waals surface area contributed by atoms with Gasteiger partial charge in [0.25, 0.3) is 11.7 Å². The van der Waals surface area contributed by atoms with Crippen LogP contribution in [-0.2, 0) is 23.2 Å². The van der Waals surface area contributed by atoms with E-state index in [-0.39, 0.29) is 11.3 Å². The van der Waals surface area contributed by atoms with Crippen molar-refractivity contribution >= 4 is 29.1 Å². The van der Waals surface area contributed by atoms with Crippen LogP contribution in [0.4, 0.5) is 0 Å². The molecule has 1 N–H and O–H groups in total. The van der Waals surface area contributed by atoms with Gasteiger partial charge in [0.1, 0.15) is 5.76 Å². The predicted molar refractivity (Wildman–Crippen MR) is 120 cm³/mol. The first-order chi connectivity index (χ1) is 15.3. The summed E-state index contributed by atoms with van der Waals surface area (Å²) in [6.45, 7) is 4.57. The van der Waals surface area contributed by atoms with E-state index in [0.717, 1.165) is 0 Å². The third-order valence-electron chi connectivity index (χ3n) is 5.85. The van der Waals surface area contributed by atoms with Crippen molar-refractivity contribution in [1.82, 2.24) is 24.2 Å². The van der Waals surface area contributed by atoms with Gasteiger partial charge in [0.05, 0.1) is 29.2 Å². The van der Waals surface area contributed by atoms with Crippen molar-refractivity contribution in [2.75, 3.05) is 6.54 Å². The van der Waals surface area contributed by atoms with E-state index in [1.54, 1.807) is 55.4 Å². The number of ketones is 1. The maximum Gasteiger partial charge on any atom is 0.295 e. The quantitative estimate of drug-likeness (QED) is 0.351. The number of amides is 1. The summed E-state index contributed by atoms with van der Waals surface area (Å²) in [6.07, 6.45) is 5.87. The number of nitrogens with zero attached hydrogens (tertiary/aromatic N) is 5. The SMILES string of the molecule is Cc1nn(C)c(C)c1C(O)=C1C(=O)C(=O)N(CCCn2ccnc2)C1c1ccc(Cl)cc1. The Morgan fingerprint density at radius 1 is 1.16 bits per heavy atom. The zero-order valence-corrected chi connectivity index (χ0v) is 18.9. The molecule has 0 bridgehead atoms. The third kappa shape index (κ3) is 3.82. The second-order valence-corrected chi connectivity index (χ2v) is 8.30. The molecule has 0 spiro atoms. The monoisotopic (exact) mass is 453 g/mol. The molecule has 1 saturated heterocycles. The number of carbonyl (C=O) groups excluding carboxylic acids is 2. The minimum Gasteiger partial charge on any atom is -0.507 e. The van der Waals surface area contributed by atoms with E-state index >= 15 is 0 Å².